The maximum absolute atomic E-state index is 4.76. The lowest BCUT2D eigenvalue weighted by molar-refractivity contribution is 0.400. The number of thiazole rings is 1. The minimum atomic E-state index is -0.00975. The first-order chi connectivity index (χ1) is 7.27. The molecule has 0 atom stereocenters. The molecule has 1 rings (SSSR count). The van der Waals surface area contributed by atoms with Gasteiger partial charge in [0.15, 0.2) is 0 Å². The fourth-order valence-electron chi connectivity index (χ4n) is 1.42. The Bertz CT molecular complexity index is 334. The largest absolute Gasteiger partial charge is 0.306 e. The summed E-state index contributed by atoms with van der Waals surface area (Å²) >= 11 is 1.76. The molecule has 0 bridgehead atoms. The van der Waals surface area contributed by atoms with E-state index in [1.165, 1.54) is 10.7 Å². The molecule has 1 heterocycles. The third-order valence-corrected chi connectivity index (χ3v) is 3.79. The van der Waals surface area contributed by atoms with Gasteiger partial charge < -0.3 is 5.32 Å². The Kier molecular flexibility index (Phi) is 4.13. The highest BCUT2D eigenvalue weighted by molar-refractivity contribution is 7.09. The number of nitrogens with zero attached hydrogens (tertiary/aromatic N) is 1. The number of hydrogen-bond donors (Lipinski definition) is 1. The van der Waals surface area contributed by atoms with Gasteiger partial charge >= 0.3 is 0 Å². The normalized spacial score (nSPS) is 13.1. The standard InChI is InChI=1S/C13H24N2S/c1-7-8-14-13(5,6)11-15-10(9-16-11)12(2,3)4/h9,14H,7-8H2,1-6H3. The number of rotatable bonds is 4. The Morgan fingerprint density at radius 3 is 2.31 bits per heavy atom. The van der Waals surface area contributed by atoms with Gasteiger partial charge in [0, 0.05) is 10.8 Å². The van der Waals surface area contributed by atoms with Crippen molar-refractivity contribution in [1.29, 1.82) is 0 Å². The van der Waals surface area contributed by atoms with Crippen molar-refractivity contribution in [2.45, 2.75) is 58.9 Å². The van der Waals surface area contributed by atoms with Crippen LogP contribution in [-0.2, 0) is 11.0 Å². The zero-order chi connectivity index (χ0) is 12.4. The van der Waals surface area contributed by atoms with Gasteiger partial charge in [-0.3, -0.25) is 0 Å². The number of nitrogens with one attached hydrogen (secondary N) is 1. The van der Waals surface area contributed by atoms with Gasteiger partial charge in [-0.2, -0.15) is 0 Å². The van der Waals surface area contributed by atoms with Crippen LogP contribution in [0.15, 0.2) is 5.38 Å². The van der Waals surface area contributed by atoms with E-state index < -0.39 is 0 Å². The smallest absolute Gasteiger partial charge is 0.112 e. The van der Waals surface area contributed by atoms with Crippen molar-refractivity contribution in [3.05, 3.63) is 16.1 Å². The molecule has 3 heteroatoms. The van der Waals surface area contributed by atoms with E-state index in [1.807, 2.05) is 0 Å². The van der Waals surface area contributed by atoms with Crippen LogP contribution >= 0.6 is 11.3 Å². The molecule has 16 heavy (non-hydrogen) atoms. The van der Waals surface area contributed by atoms with Crippen molar-refractivity contribution in [3.8, 4) is 0 Å². The van der Waals surface area contributed by atoms with Crippen LogP contribution in [0.3, 0.4) is 0 Å². The molecule has 1 aromatic heterocycles. The van der Waals surface area contributed by atoms with Crippen molar-refractivity contribution in [3.63, 3.8) is 0 Å². The molecule has 0 unspecified atom stereocenters. The zero-order valence-electron chi connectivity index (χ0n) is 11.3. The predicted molar refractivity (Wildman–Crippen MR) is 72.1 cm³/mol. The Balaban J connectivity index is 2.84. The average Bonchev–Trinajstić information content (AvgIpc) is 2.63. The maximum atomic E-state index is 4.76. The van der Waals surface area contributed by atoms with E-state index in [9.17, 15) is 0 Å². The van der Waals surface area contributed by atoms with Gasteiger partial charge in [0.05, 0.1) is 11.2 Å². The van der Waals surface area contributed by atoms with Gasteiger partial charge in [-0.25, -0.2) is 4.98 Å². The van der Waals surface area contributed by atoms with Crippen LogP contribution in [0.25, 0.3) is 0 Å². The molecule has 1 N–H and O–H groups in total. The summed E-state index contributed by atoms with van der Waals surface area (Å²) in [5.41, 5.74) is 1.33. The van der Waals surface area contributed by atoms with Crippen LogP contribution in [-0.4, -0.2) is 11.5 Å². The molecule has 0 radical (unpaired) electrons. The molecule has 0 aromatic carbocycles. The van der Waals surface area contributed by atoms with Gasteiger partial charge in [0.1, 0.15) is 5.01 Å². The van der Waals surface area contributed by atoms with E-state index in [-0.39, 0.29) is 11.0 Å². The summed E-state index contributed by atoms with van der Waals surface area (Å²) in [6.45, 7) is 14.2. The molecular weight excluding hydrogens is 216 g/mol. The van der Waals surface area contributed by atoms with Crippen LogP contribution in [0.1, 0.15) is 58.7 Å². The molecule has 0 aliphatic heterocycles. The zero-order valence-corrected chi connectivity index (χ0v) is 12.2. The quantitative estimate of drug-likeness (QED) is 0.868. The second-order valence-corrected chi connectivity index (χ2v) is 6.70. The Morgan fingerprint density at radius 1 is 1.25 bits per heavy atom. The fraction of sp³-hybridized carbons (Fsp3) is 0.769. The minimum absolute atomic E-state index is 0.00975. The molecule has 0 saturated heterocycles. The monoisotopic (exact) mass is 240 g/mol. The van der Waals surface area contributed by atoms with Crippen molar-refractivity contribution < 1.29 is 0 Å². The predicted octanol–water partition coefficient (Wildman–Crippen LogP) is 3.68. The number of aromatic nitrogens is 1. The molecule has 0 aliphatic rings. The molecule has 0 fully saturated rings. The van der Waals surface area contributed by atoms with Crippen molar-refractivity contribution in [1.82, 2.24) is 10.3 Å². The van der Waals surface area contributed by atoms with Crippen LogP contribution in [0.2, 0.25) is 0 Å². The summed E-state index contributed by atoms with van der Waals surface area (Å²) in [5, 5.41) is 6.91. The first-order valence-electron chi connectivity index (χ1n) is 5.99. The third kappa shape index (κ3) is 3.29. The van der Waals surface area contributed by atoms with E-state index in [4.69, 9.17) is 4.98 Å². The molecule has 0 saturated carbocycles. The lowest BCUT2D eigenvalue weighted by Gasteiger charge is -2.24. The summed E-state index contributed by atoms with van der Waals surface area (Å²) in [6.07, 6.45) is 1.15. The Morgan fingerprint density at radius 2 is 1.88 bits per heavy atom. The van der Waals surface area contributed by atoms with Crippen molar-refractivity contribution in [2.75, 3.05) is 6.54 Å². The third-order valence-electron chi connectivity index (χ3n) is 2.62. The van der Waals surface area contributed by atoms with E-state index in [2.05, 4.69) is 52.2 Å². The topological polar surface area (TPSA) is 24.9 Å². The Labute approximate surface area is 103 Å². The second-order valence-electron chi connectivity index (χ2n) is 5.84. The van der Waals surface area contributed by atoms with Gasteiger partial charge in [-0.15, -0.1) is 11.3 Å². The first kappa shape index (κ1) is 13.7. The van der Waals surface area contributed by atoms with Gasteiger partial charge in [-0.1, -0.05) is 27.7 Å². The summed E-state index contributed by atoms with van der Waals surface area (Å²) < 4.78 is 0. The summed E-state index contributed by atoms with van der Waals surface area (Å²) in [6, 6.07) is 0. The highest BCUT2D eigenvalue weighted by Gasteiger charge is 2.26. The second kappa shape index (κ2) is 4.84. The maximum Gasteiger partial charge on any atom is 0.112 e. The minimum Gasteiger partial charge on any atom is -0.306 e. The first-order valence-corrected chi connectivity index (χ1v) is 6.87. The summed E-state index contributed by atoms with van der Waals surface area (Å²) in [4.78, 5) is 4.76. The van der Waals surface area contributed by atoms with Crippen molar-refractivity contribution in [2.24, 2.45) is 0 Å². The van der Waals surface area contributed by atoms with Crippen LogP contribution in [0, 0.1) is 0 Å². The van der Waals surface area contributed by atoms with Gasteiger partial charge in [-0.05, 0) is 26.8 Å². The SMILES string of the molecule is CCCNC(C)(C)c1nc(C(C)(C)C)cs1. The molecule has 1 aromatic rings. The Hall–Kier alpha value is -0.410. The molecular formula is C13H24N2S. The van der Waals surface area contributed by atoms with Crippen LogP contribution in [0.4, 0.5) is 0 Å². The summed E-state index contributed by atoms with van der Waals surface area (Å²) in [5.74, 6) is 0. The molecule has 0 amide bonds. The highest BCUT2D eigenvalue weighted by Crippen LogP contribution is 2.29. The number of hydrogen-bond acceptors (Lipinski definition) is 3. The fourth-order valence-corrected chi connectivity index (χ4v) is 2.57. The molecule has 2 nitrogen and oxygen atoms in total. The average molecular weight is 240 g/mol. The van der Waals surface area contributed by atoms with Crippen LogP contribution < -0.4 is 5.32 Å². The van der Waals surface area contributed by atoms with Crippen LogP contribution in [0.5, 0.6) is 0 Å². The summed E-state index contributed by atoms with van der Waals surface area (Å²) in [7, 11) is 0. The highest BCUT2D eigenvalue weighted by atomic mass is 32.1. The lowest BCUT2D eigenvalue weighted by atomic mass is 9.93. The van der Waals surface area contributed by atoms with E-state index in [0.717, 1.165) is 13.0 Å². The van der Waals surface area contributed by atoms with Crippen molar-refractivity contribution >= 4 is 11.3 Å². The molecule has 92 valence electrons. The lowest BCUT2D eigenvalue weighted by Crippen LogP contribution is -2.37. The van der Waals surface area contributed by atoms with E-state index in [1.54, 1.807) is 11.3 Å². The van der Waals surface area contributed by atoms with E-state index in [0.29, 0.717) is 0 Å². The van der Waals surface area contributed by atoms with E-state index >= 15 is 0 Å². The molecule has 0 aliphatic carbocycles. The van der Waals surface area contributed by atoms with Gasteiger partial charge in [0.2, 0.25) is 0 Å². The van der Waals surface area contributed by atoms with Gasteiger partial charge in [0.25, 0.3) is 0 Å². The molecule has 0 spiro atoms.